The van der Waals surface area contributed by atoms with Crippen LogP contribution in [0, 0.1) is 5.92 Å². The molecule has 1 amide bonds. The van der Waals surface area contributed by atoms with E-state index in [0.717, 1.165) is 38.6 Å². The first-order valence-corrected chi connectivity index (χ1v) is 7.89. The third kappa shape index (κ3) is 3.93. The lowest BCUT2D eigenvalue weighted by Gasteiger charge is -2.41. The zero-order valence-corrected chi connectivity index (χ0v) is 12.9. The Labute approximate surface area is 122 Å². The zero-order chi connectivity index (χ0) is 14.6. The Morgan fingerprint density at radius 2 is 1.80 bits per heavy atom. The van der Waals surface area contributed by atoms with Gasteiger partial charge in [-0.1, -0.05) is 13.8 Å². The van der Waals surface area contributed by atoms with Gasteiger partial charge in [-0.25, -0.2) is 0 Å². The minimum absolute atomic E-state index is 0.129. The largest absolute Gasteiger partial charge is 0.381 e. The molecule has 0 unspecified atom stereocenters. The fraction of sp³-hybridized carbons (Fsp3) is 0.933. The maximum atomic E-state index is 12.6. The second-order valence-corrected chi connectivity index (χ2v) is 6.58. The smallest absolute Gasteiger partial charge is 0.242 e. The summed E-state index contributed by atoms with van der Waals surface area (Å²) in [6.07, 6.45) is 2.53. The van der Waals surface area contributed by atoms with E-state index in [1.54, 1.807) is 0 Å². The maximum Gasteiger partial charge on any atom is 0.242 e. The molecule has 2 N–H and O–H groups in total. The minimum Gasteiger partial charge on any atom is -0.381 e. The van der Waals surface area contributed by atoms with Gasteiger partial charge in [0.05, 0.1) is 5.54 Å². The molecular formula is C15H29N3O2. The van der Waals surface area contributed by atoms with Crippen LogP contribution in [-0.4, -0.2) is 67.2 Å². The number of hydrogen-bond donors (Lipinski definition) is 1. The van der Waals surface area contributed by atoms with Crippen LogP contribution in [0.25, 0.3) is 0 Å². The van der Waals surface area contributed by atoms with E-state index in [9.17, 15) is 4.79 Å². The van der Waals surface area contributed by atoms with E-state index >= 15 is 0 Å². The van der Waals surface area contributed by atoms with Crippen molar-refractivity contribution in [2.24, 2.45) is 11.7 Å². The van der Waals surface area contributed by atoms with Gasteiger partial charge in [-0.2, -0.15) is 0 Å². The summed E-state index contributed by atoms with van der Waals surface area (Å²) in [6, 6.07) is 0. The molecule has 2 aliphatic rings. The highest BCUT2D eigenvalue weighted by atomic mass is 16.5. The number of rotatable bonds is 4. The Bertz CT molecular complexity index is 319. The third-order valence-corrected chi connectivity index (χ3v) is 4.49. The molecule has 2 rings (SSSR count). The summed E-state index contributed by atoms with van der Waals surface area (Å²) >= 11 is 0. The lowest BCUT2D eigenvalue weighted by Crippen LogP contribution is -2.61. The van der Waals surface area contributed by atoms with Crippen LogP contribution in [0.4, 0.5) is 0 Å². The molecule has 116 valence electrons. The third-order valence-electron chi connectivity index (χ3n) is 4.49. The lowest BCUT2D eigenvalue weighted by molar-refractivity contribution is -0.142. The molecule has 0 radical (unpaired) electrons. The first kappa shape index (κ1) is 15.7. The number of nitrogens with two attached hydrogens (primary N) is 1. The summed E-state index contributed by atoms with van der Waals surface area (Å²) in [5, 5.41) is 0. The molecule has 0 spiro atoms. The summed E-state index contributed by atoms with van der Waals surface area (Å²) in [7, 11) is 0. The molecule has 2 fully saturated rings. The van der Waals surface area contributed by atoms with Crippen molar-refractivity contribution in [2.45, 2.75) is 38.6 Å². The topological polar surface area (TPSA) is 58.8 Å². The summed E-state index contributed by atoms with van der Waals surface area (Å²) in [6.45, 7) is 10.4. The SMILES string of the molecule is CC(C)CCN1CCN(C(=O)C2(N)CCOCC2)CC1. The molecule has 0 saturated carbocycles. The number of amides is 1. The average Bonchev–Trinajstić information content (AvgIpc) is 2.45. The van der Waals surface area contributed by atoms with Gasteiger partial charge in [-0.15, -0.1) is 0 Å². The van der Waals surface area contributed by atoms with Crippen LogP contribution >= 0.6 is 0 Å². The van der Waals surface area contributed by atoms with Gasteiger partial charge in [0.15, 0.2) is 0 Å². The first-order valence-electron chi connectivity index (χ1n) is 7.89. The molecular weight excluding hydrogens is 254 g/mol. The molecule has 0 aromatic rings. The van der Waals surface area contributed by atoms with Crippen molar-refractivity contribution in [2.75, 3.05) is 45.9 Å². The van der Waals surface area contributed by atoms with E-state index in [1.165, 1.54) is 6.42 Å². The minimum atomic E-state index is -0.682. The van der Waals surface area contributed by atoms with Gasteiger partial charge in [-0.05, 0) is 31.7 Å². The number of nitrogens with zero attached hydrogens (tertiary/aromatic N) is 2. The average molecular weight is 283 g/mol. The fourth-order valence-electron chi connectivity index (χ4n) is 2.88. The van der Waals surface area contributed by atoms with Gasteiger partial charge < -0.3 is 15.4 Å². The van der Waals surface area contributed by atoms with Crippen molar-refractivity contribution in [1.29, 1.82) is 0 Å². The van der Waals surface area contributed by atoms with Crippen LogP contribution < -0.4 is 5.73 Å². The Balaban J connectivity index is 1.79. The van der Waals surface area contributed by atoms with E-state index in [0.29, 0.717) is 26.1 Å². The Kier molecular flexibility index (Phi) is 5.41. The van der Waals surface area contributed by atoms with E-state index in [4.69, 9.17) is 10.5 Å². The molecule has 2 aliphatic heterocycles. The highest BCUT2D eigenvalue weighted by molar-refractivity contribution is 5.86. The normalized spacial score (nSPS) is 24.1. The maximum absolute atomic E-state index is 12.6. The first-order chi connectivity index (χ1) is 9.51. The van der Waals surface area contributed by atoms with E-state index in [1.807, 2.05) is 4.90 Å². The van der Waals surface area contributed by atoms with Crippen molar-refractivity contribution in [3.05, 3.63) is 0 Å². The van der Waals surface area contributed by atoms with Crippen molar-refractivity contribution in [3.8, 4) is 0 Å². The van der Waals surface area contributed by atoms with Crippen LogP contribution in [0.5, 0.6) is 0 Å². The molecule has 0 atom stereocenters. The predicted octanol–water partition coefficient (Wildman–Crippen LogP) is 0.685. The Morgan fingerprint density at radius 3 is 2.35 bits per heavy atom. The summed E-state index contributed by atoms with van der Waals surface area (Å²) in [4.78, 5) is 17.0. The molecule has 0 aromatic carbocycles. The van der Waals surface area contributed by atoms with Crippen LogP contribution in [0.3, 0.4) is 0 Å². The van der Waals surface area contributed by atoms with Gasteiger partial charge in [-0.3, -0.25) is 9.69 Å². The summed E-state index contributed by atoms with van der Waals surface area (Å²) in [5.41, 5.74) is 5.60. The number of piperazine rings is 1. The molecule has 0 bridgehead atoms. The number of carbonyl (C=O) groups excluding carboxylic acids is 1. The second kappa shape index (κ2) is 6.87. The van der Waals surface area contributed by atoms with Crippen molar-refractivity contribution >= 4 is 5.91 Å². The summed E-state index contributed by atoms with van der Waals surface area (Å²) < 4.78 is 5.31. The van der Waals surface area contributed by atoms with E-state index in [2.05, 4.69) is 18.7 Å². The molecule has 0 aromatic heterocycles. The monoisotopic (exact) mass is 283 g/mol. The number of ether oxygens (including phenoxy) is 1. The number of hydrogen-bond acceptors (Lipinski definition) is 4. The van der Waals surface area contributed by atoms with Crippen molar-refractivity contribution in [3.63, 3.8) is 0 Å². The molecule has 2 saturated heterocycles. The zero-order valence-electron chi connectivity index (χ0n) is 12.9. The quantitative estimate of drug-likeness (QED) is 0.824. The van der Waals surface area contributed by atoms with Gasteiger partial charge in [0.2, 0.25) is 5.91 Å². The molecule has 0 aliphatic carbocycles. The molecule has 20 heavy (non-hydrogen) atoms. The van der Waals surface area contributed by atoms with Gasteiger partial charge in [0.25, 0.3) is 0 Å². The van der Waals surface area contributed by atoms with E-state index in [-0.39, 0.29) is 5.91 Å². The standard InChI is InChI=1S/C15H29N3O2/c1-13(2)3-6-17-7-9-18(10-8-17)14(19)15(16)4-11-20-12-5-15/h13H,3-12,16H2,1-2H3. The van der Waals surface area contributed by atoms with Crippen LogP contribution in [0.2, 0.25) is 0 Å². The highest BCUT2D eigenvalue weighted by Crippen LogP contribution is 2.21. The Morgan fingerprint density at radius 1 is 1.20 bits per heavy atom. The second-order valence-electron chi connectivity index (χ2n) is 6.58. The molecule has 5 nitrogen and oxygen atoms in total. The Hall–Kier alpha value is -0.650. The van der Waals surface area contributed by atoms with E-state index < -0.39 is 5.54 Å². The van der Waals surface area contributed by atoms with Crippen LogP contribution in [0.15, 0.2) is 0 Å². The molecule has 5 heteroatoms. The van der Waals surface area contributed by atoms with Crippen molar-refractivity contribution < 1.29 is 9.53 Å². The van der Waals surface area contributed by atoms with Crippen LogP contribution in [-0.2, 0) is 9.53 Å². The van der Waals surface area contributed by atoms with Crippen molar-refractivity contribution in [1.82, 2.24) is 9.80 Å². The van der Waals surface area contributed by atoms with Gasteiger partial charge >= 0.3 is 0 Å². The van der Waals surface area contributed by atoms with Crippen LogP contribution in [0.1, 0.15) is 33.1 Å². The fourth-order valence-corrected chi connectivity index (χ4v) is 2.88. The van der Waals surface area contributed by atoms with Gasteiger partial charge in [0.1, 0.15) is 0 Å². The number of carbonyl (C=O) groups is 1. The highest BCUT2D eigenvalue weighted by Gasteiger charge is 2.39. The molecule has 2 heterocycles. The van der Waals surface area contributed by atoms with Gasteiger partial charge in [0, 0.05) is 39.4 Å². The lowest BCUT2D eigenvalue weighted by atomic mass is 9.89. The predicted molar refractivity (Wildman–Crippen MR) is 79.4 cm³/mol. The summed E-state index contributed by atoms with van der Waals surface area (Å²) in [5.74, 6) is 0.869.